The quantitative estimate of drug-likeness (QED) is 0.805. The first-order chi connectivity index (χ1) is 13.7. The van der Waals surface area contributed by atoms with Gasteiger partial charge in [-0.25, -0.2) is 0 Å². The number of nitrogens with zero attached hydrogens (tertiary/aromatic N) is 4. The lowest BCUT2D eigenvalue weighted by Crippen LogP contribution is -2.37. The Kier molecular flexibility index (Phi) is 7.52. The smallest absolute Gasteiger partial charge is 0.274 e. The molecule has 158 valence electrons. The summed E-state index contributed by atoms with van der Waals surface area (Å²) in [6.45, 7) is 5.80. The second-order valence-electron chi connectivity index (χ2n) is 7.57. The van der Waals surface area contributed by atoms with Crippen LogP contribution in [0.2, 0.25) is 0 Å². The third-order valence-corrected chi connectivity index (χ3v) is 5.57. The highest BCUT2D eigenvalue weighted by molar-refractivity contribution is 5.92. The number of carbonyl (C=O) groups excluding carboxylic acids is 1. The van der Waals surface area contributed by atoms with Crippen LogP contribution < -0.4 is 10.2 Å². The Labute approximate surface area is 178 Å². The van der Waals surface area contributed by atoms with E-state index in [0.29, 0.717) is 18.3 Å². The van der Waals surface area contributed by atoms with Crippen molar-refractivity contribution in [3.63, 3.8) is 0 Å². The summed E-state index contributed by atoms with van der Waals surface area (Å²) < 4.78 is 7.41. The normalized spacial score (nSPS) is 19.5. The van der Waals surface area contributed by atoms with Gasteiger partial charge in [0.2, 0.25) is 0 Å². The largest absolute Gasteiger partial charge is 0.378 e. The zero-order valence-corrected chi connectivity index (χ0v) is 17.7. The van der Waals surface area contributed by atoms with E-state index < -0.39 is 0 Å². The van der Waals surface area contributed by atoms with Gasteiger partial charge in [-0.2, -0.15) is 5.10 Å². The van der Waals surface area contributed by atoms with Crippen LogP contribution in [0.4, 0.5) is 5.69 Å². The number of para-hydroxylation sites is 1. The molecule has 1 unspecified atom stereocenters. The number of rotatable bonds is 5. The third-order valence-electron chi connectivity index (χ3n) is 5.57. The molecule has 0 spiro atoms. The fourth-order valence-corrected chi connectivity index (χ4v) is 3.99. The molecule has 0 aliphatic carbocycles. The molecule has 1 N–H and O–H groups in total. The van der Waals surface area contributed by atoms with Crippen LogP contribution in [0.3, 0.4) is 0 Å². The Balaban J connectivity index is 0.00000240. The van der Waals surface area contributed by atoms with Crippen molar-refractivity contribution in [3.8, 4) is 0 Å². The number of morpholine rings is 1. The highest BCUT2D eigenvalue weighted by atomic mass is 35.5. The number of hydrogen-bond acceptors (Lipinski definition) is 5. The third kappa shape index (κ3) is 5.10. The molecule has 2 fully saturated rings. The maximum absolute atomic E-state index is 12.9. The molecule has 7 nitrogen and oxygen atoms in total. The van der Waals surface area contributed by atoms with Gasteiger partial charge < -0.3 is 19.9 Å². The summed E-state index contributed by atoms with van der Waals surface area (Å²) in [6.07, 6.45) is 4.18. The molecular formula is C21H30ClN5O2. The number of amides is 1. The van der Waals surface area contributed by atoms with E-state index in [2.05, 4.69) is 33.5 Å². The number of nitrogens with one attached hydrogen (secondary N) is 1. The number of anilines is 1. The number of hydrogen-bond donors (Lipinski definition) is 1. The predicted molar refractivity (Wildman–Crippen MR) is 116 cm³/mol. The van der Waals surface area contributed by atoms with E-state index in [9.17, 15) is 4.79 Å². The first-order valence-corrected chi connectivity index (χ1v) is 10.1. The average molecular weight is 420 g/mol. The Bertz CT molecular complexity index is 800. The fourth-order valence-electron chi connectivity index (χ4n) is 3.99. The van der Waals surface area contributed by atoms with E-state index in [1.54, 1.807) is 4.90 Å². The minimum absolute atomic E-state index is 0. The molecule has 1 aromatic carbocycles. The van der Waals surface area contributed by atoms with Crippen LogP contribution in [0, 0.1) is 0 Å². The average Bonchev–Trinajstić information content (AvgIpc) is 3.25. The molecule has 0 saturated carbocycles. The van der Waals surface area contributed by atoms with Crippen molar-refractivity contribution >= 4 is 24.0 Å². The Morgan fingerprint density at radius 3 is 2.83 bits per heavy atom. The number of aromatic nitrogens is 2. The lowest BCUT2D eigenvalue weighted by atomic mass is 10.1. The van der Waals surface area contributed by atoms with Crippen molar-refractivity contribution in [2.75, 3.05) is 51.3 Å². The Hall–Kier alpha value is -2.09. The number of halogens is 1. The standard InChI is InChI=1S/C21H29N5O2.ClH/c1-24(16-17-5-2-3-7-20(17)25-11-13-28-14-12-25)21(27)19-8-10-26(23-19)18-6-4-9-22-15-18;/h2-3,5,7-8,10,18,22H,4,6,9,11-16H2,1H3;1H. The summed E-state index contributed by atoms with van der Waals surface area (Å²) in [5.41, 5.74) is 2.84. The minimum atomic E-state index is -0.0423. The molecule has 4 rings (SSSR count). The van der Waals surface area contributed by atoms with Gasteiger partial charge in [-0.15, -0.1) is 12.4 Å². The number of benzene rings is 1. The van der Waals surface area contributed by atoms with Gasteiger partial charge in [-0.3, -0.25) is 9.48 Å². The monoisotopic (exact) mass is 419 g/mol. The molecule has 2 aliphatic rings. The van der Waals surface area contributed by atoms with E-state index in [1.165, 1.54) is 5.69 Å². The van der Waals surface area contributed by atoms with Crippen molar-refractivity contribution < 1.29 is 9.53 Å². The summed E-state index contributed by atoms with van der Waals surface area (Å²) in [5, 5.41) is 7.96. The fraction of sp³-hybridized carbons (Fsp3) is 0.524. The van der Waals surface area contributed by atoms with Crippen LogP contribution in [0.25, 0.3) is 0 Å². The van der Waals surface area contributed by atoms with E-state index >= 15 is 0 Å². The summed E-state index contributed by atoms with van der Waals surface area (Å²) >= 11 is 0. The molecule has 0 radical (unpaired) electrons. The molecule has 0 bridgehead atoms. The number of ether oxygens (including phenoxy) is 1. The Morgan fingerprint density at radius 2 is 2.07 bits per heavy atom. The van der Waals surface area contributed by atoms with Crippen molar-refractivity contribution in [1.82, 2.24) is 20.0 Å². The van der Waals surface area contributed by atoms with E-state index in [0.717, 1.165) is 57.8 Å². The summed E-state index contributed by atoms with van der Waals surface area (Å²) in [6, 6.07) is 10.5. The van der Waals surface area contributed by atoms with Gasteiger partial charge in [0, 0.05) is 45.1 Å². The first kappa shape index (κ1) is 21.6. The van der Waals surface area contributed by atoms with Gasteiger partial charge in [0.15, 0.2) is 0 Å². The molecule has 1 amide bonds. The zero-order valence-electron chi connectivity index (χ0n) is 16.9. The van der Waals surface area contributed by atoms with Crippen molar-refractivity contribution in [2.24, 2.45) is 0 Å². The van der Waals surface area contributed by atoms with Gasteiger partial charge in [0.1, 0.15) is 5.69 Å². The van der Waals surface area contributed by atoms with Gasteiger partial charge in [0.05, 0.1) is 19.3 Å². The lowest BCUT2D eigenvalue weighted by Gasteiger charge is -2.31. The number of piperidine rings is 1. The van der Waals surface area contributed by atoms with E-state index in [4.69, 9.17) is 4.74 Å². The second kappa shape index (κ2) is 10.1. The Morgan fingerprint density at radius 1 is 1.28 bits per heavy atom. The topological polar surface area (TPSA) is 62.6 Å². The predicted octanol–water partition coefficient (Wildman–Crippen LogP) is 2.34. The number of carbonyl (C=O) groups is 1. The van der Waals surface area contributed by atoms with Crippen molar-refractivity contribution in [1.29, 1.82) is 0 Å². The van der Waals surface area contributed by atoms with E-state index in [-0.39, 0.29) is 18.3 Å². The molecular weight excluding hydrogens is 390 g/mol. The van der Waals surface area contributed by atoms with Crippen molar-refractivity contribution in [2.45, 2.75) is 25.4 Å². The van der Waals surface area contributed by atoms with Crippen LogP contribution in [-0.2, 0) is 11.3 Å². The second-order valence-corrected chi connectivity index (χ2v) is 7.57. The summed E-state index contributed by atoms with van der Waals surface area (Å²) in [7, 11) is 1.85. The van der Waals surface area contributed by atoms with E-state index in [1.807, 2.05) is 30.1 Å². The molecule has 2 saturated heterocycles. The highest BCUT2D eigenvalue weighted by Gasteiger charge is 2.21. The zero-order chi connectivity index (χ0) is 19.3. The van der Waals surface area contributed by atoms with Gasteiger partial charge >= 0.3 is 0 Å². The van der Waals surface area contributed by atoms with Crippen LogP contribution in [0.1, 0.15) is 34.9 Å². The molecule has 3 heterocycles. The van der Waals surface area contributed by atoms with Gasteiger partial charge in [-0.05, 0) is 37.1 Å². The molecule has 29 heavy (non-hydrogen) atoms. The maximum atomic E-state index is 12.9. The van der Waals surface area contributed by atoms with Gasteiger partial charge in [0.25, 0.3) is 5.91 Å². The SMILES string of the molecule is CN(Cc1ccccc1N1CCOCC1)C(=O)c1ccn(C2CCCNC2)n1.Cl. The molecule has 2 aromatic rings. The van der Waals surface area contributed by atoms with Crippen LogP contribution >= 0.6 is 12.4 Å². The molecule has 2 aliphatic heterocycles. The minimum Gasteiger partial charge on any atom is -0.378 e. The summed E-state index contributed by atoms with van der Waals surface area (Å²) in [5.74, 6) is -0.0423. The maximum Gasteiger partial charge on any atom is 0.274 e. The molecule has 1 atom stereocenters. The van der Waals surface area contributed by atoms with Crippen LogP contribution in [0.15, 0.2) is 36.5 Å². The lowest BCUT2D eigenvalue weighted by molar-refractivity contribution is 0.0777. The summed E-state index contributed by atoms with van der Waals surface area (Å²) in [4.78, 5) is 17.0. The van der Waals surface area contributed by atoms with Crippen molar-refractivity contribution in [3.05, 3.63) is 47.8 Å². The van der Waals surface area contributed by atoms with Crippen LogP contribution in [0.5, 0.6) is 0 Å². The van der Waals surface area contributed by atoms with Crippen LogP contribution in [-0.4, -0.2) is 67.0 Å². The first-order valence-electron chi connectivity index (χ1n) is 10.1. The molecule has 1 aromatic heterocycles. The molecule has 8 heteroatoms. The van der Waals surface area contributed by atoms with Gasteiger partial charge in [-0.1, -0.05) is 18.2 Å². The highest BCUT2D eigenvalue weighted by Crippen LogP contribution is 2.23.